The van der Waals surface area contributed by atoms with Gasteiger partial charge in [0.2, 0.25) is 0 Å². The summed E-state index contributed by atoms with van der Waals surface area (Å²) in [6.07, 6.45) is 0.866. The molecule has 1 unspecified atom stereocenters. The number of aliphatic carboxylic acids is 1. The van der Waals surface area contributed by atoms with Crippen molar-refractivity contribution >= 4 is 5.97 Å². The van der Waals surface area contributed by atoms with Crippen molar-refractivity contribution in [3.05, 3.63) is 47.0 Å². The number of carboxylic acid groups (broad SMARTS) is 1. The molecule has 18 heavy (non-hydrogen) atoms. The van der Waals surface area contributed by atoms with Crippen molar-refractivity contribution in [2.24, 2.45) is 0 Å². The number of hydrogen-bond donors (Lipinski definition) is 1. The molecule has 3 nitrogen and oxygen atoms in total. The molecule has 96 valence electrons. The van der Waals surface area contributed by atoms with Crippen molar-refractivity contribution in [3.8, 4) is 0 Å². The van der Waals surface area contributed by atoms with E-state index in [2.05, 4.69) is 24.0 Å². The number of benzene rings is 1. The lowest BCUT2D eigenvalue weighted by Gasteiger charge is -2.20. The van der Waals surface area contributed by atoms with E-state index in [0.717, 1.165) is 25.1 Å². The van der Waals surface area contributed by atoms with Gasteiger partial charge in [0.1, 0.15) is 0 Å². The molecule has 0 aliphatic carbocycles. The van der Waals surface area contributed by atoms with Gasteiger partial charge in [-0.05, 0) is 31.4 Å². The summed E-state index contributed by atoms with van der Waals surface area (Å²) in [5.74, 6) is -0.793. The van der Waals surface area contributed by atoms with E-state index in [4.69, 9.17) is 5.11 Å². The zero-order valence-electron chi connectivity index (χ0n) is 10.9. The van der Waals surface area contributed by atoms with E-state index in [0.29, 0.717) is 11.6 Å². The van der Waals surface area contributed by atoms with Gasteiger partial charge in [-0.25, -0.2) is 4.79 Å². The Bertz CT molecular complexity index is 465. The van der Waals surface area contributed by atoms with E-state index in [1.807, 2.05) is 18.2 Å². The number of likely N-dealkylation sites (tertiary alicyclic amines) is 1. The molecular weight excluding hydrogens is 226 g/mol. The first-order chi connectivity index (χ1) is 8.58. The highest BCUT2D eigenvalue weighted by Gasteiger charge is 2.26. The summed E-state index contributed by atoms with van der Waals surface area (Å²) < 4.78 is 0. The van der Waals surface area contributed by atoms with Crippen molar-refractivity contribution in [3.63, 3.8) is 0 Å². The molecule has 0 radical (unpaired) electrons. The Morgan fingerprint density at radius 3 is 2.67 bits per heavy atom. The standard InChI is InChI=1S/C15H19NO2/c1-11-8-14(12(2)15(17)18)10-16(11)9-13-6-4-3-5-7-13/h3-7,11H,8-10H2,1-2H3,(H,17,18)/b14-12+. The molecule has 0 spiro atoms. The summed E-state index contributed by atoms with van der Waals surface area (Å²) >= 11 is 0. The van der Waals surface area contributed by atoms with Gasteiger partial charge in [-0.2, -0.15) is 0 Å². The summed E-state index contributed by atoms with van der Waals surface area (Å²) in [4.78, 5) is 13.3. The molecule has 1 aromatic carbocycles. The lowest BCUT2D eigenvalue weighted by atomic mass is 10.1. The lowest BCUT2D eigenvalue weighted by molar-refractivity contribution is -0.132. The second-order valence-corrected chi connectivity index (χ2v) is 4.98. The molecule has 1 saturated heterocycles. The molecule has 0 aromatic heterocycles. The van der Waals surface area contributed by atoms with Gasteiger partial charge in [0, 0.05) is 24.7 Å². The van der Waals surface area contributed by atoms with Crippen LogP contribution in [0.4, 0.5) is 0 Å². The lowest BCUT2D eigenvalue weighted by Crippen LogP contribution is -2.26. The maximum Gasteiger partial charge on any atom is 0.331 e. The molecule has 2 rings (SSSR count). The van der Waals surface area contributed by atoms with Crippen LogP contribution < -0.4 is 0 Å². The van der Waals surface area contributed by atoms with Gasteiger partial charge < -0.3 is 5.11 Å². The minimum atomic E-state index is -0.793. The Morgan fingerprint density at radius 1 is 1.39 bits per heavy atom. The molecule has 0 amide bonds. The first-order valence-electron chi connectivity index (χ1n) is 6.28. The van der Waals surface area contributed by atoms with E-state index in [-0.39, 0.29) is 0 Å². The van der Waals surface area contributed by atoms with Crippen molar-refractivity contribution in [2.45, 2.75) is 32.9 Å². The molecule has 3 heteroatoms. The minimum Gasteiger partial charge on any atom is -0.478 e. The number of nitrogens with zero attached hydrogens (tertiary/aromatic N) is 1. The van der Waals surface area contributed by atoms with Crippen LogP contribution in [0, 0.1) is 0 Å². The van der Waals surface area contributed by atoms with Crippen LogP contribution in [0.3, 0.4) is 0 Å². The normalized spacial score (nSPS) is 23.1. The van der Waals surface area contributed by atoms with Gasteiger partial charge in [0.15, 0.2) is 0 Å². The quantitative estimate of drug-likeness (QED) is 0.832. The highest BCUT2D eigenvalue weighted by molar-refractivity contribution is 5.87. The molecule has 1 fully saturated rings. The number of carbonyl (C=O) groups is 1. The maximum atomic E-state index is 11.0. The van der Waals surface area contributed by atoms with Crippen LogP contribution in [0.2, 0.25) is 0 Å². The molecular formula is C15H19NO2. The first kappa shape index (κ1) is 12.8. The second kappa shape index (κ2) is 5.36. The van der Waals surface area contributed by atoms with Gasteiger partial charge in [-0.3, -0.25) is 4.90 Å². The molecule has 1 aliphatic rings. The maximum absolute atomic E-state index is 11.0. The van der Waals surface area contributed by atoms with Crippen LogP contribution in [0.15, 0.2) is 41.5 Å². The van der Waals surface area contributed by atoms with Gasteiger partial charge in [-0.1, -0.05) is 30.3 Å². The highest BCUT2D eigenvalue weighted by Crippen LogP contribution is 2.26. The van der Waals surface area contributed by atoms with E-state index in [1.54, 1.807) is 6.92 Å². The number of hydrogen-bond acceptors (Lipinski definition) is 2. The van der Waals surface area contributed by atoms with E-state index in [1.165, 1.54) is 5.56 Å². The molecule has 1 heterocycles. The summed E-state index contributed by atoms with van der Waals surface area (Å²) in [7, 11) is 0. The van der Waals surface area contributed by atoms with Crippen LogP contribution in [0.1, 0.15) is 25.8 Å². The van der Waals surface area contributed by atoms with Crippen LogP contribution in [-0.2, 0) is 11.3 Å². The van der Waals surface area contributed by atoms with Crippen molar-refractivity contribution in [1.82, 2.24) is 4.90 Å². The average Bonchev–Trinajstić information content (AvgIpc) is 2.71. The zero-order chi connectivity index (χ0) is 13.1. The molecule has 0 bridgehead atoms. The predicted octanol–water partition coefficient (Wildman–Crippen LogP) is 2.68. The van der Waals surface area contributed by atoms with Crippen molar-refractivity contribution in [2.75, 3.05) is 6.54 Å². The Balaban J connectivity index is 2.09. The fraction of sp³-hybridized carbons (Fsp3) is 0.400. The molecule has 1 N–H and O–H groups in total. The summed E-state index contributed by atoms with van der Waals surface area (Å²) in [5.41, 5.74) is 2.85. The van der Waals surface area contributed by atoms with Crippen LogP contribution >= 0.6 is 0 Å². The summed E-state index contributed by atoms with van der Waals surface area (Å²) in [6, 6.07) is 10.7. The predicted molar refractivity (Wildman–Crippen MR) is 71.3 cm³/mol. The molecule has 1 aliphatic heterocycles. The van der Waals surface area contributed by atoms with Crippen molar-refractivity contribution in [1.29, 1.82) is 0 Å². The third kappa shape index (κ3) is 2.79. The SMILES string of the molecule is C/C(C(=O)O)=C1/CC(C)N(Cc2ccccc2)C1. The Kier molecular flexibility index (Phi) is 3.82. The summed E-state index contributed by atoms with van der Waals surface area (Å²) in [5, 5.41) is 9.03. The first-order valence-corrected chi connectivity index (χ1v) is 6.28. The fourth-order valence-electron chi connectivity index (χ4n) is 2.40. The van der Waals surface area contributed by atoms with Crippen LogP contribution in [-0.4, -0.2) is 28.6 Å². The monoisotopic (exact) mass is 245 g/mol. The molecule has 0 saturated carbocycles. The third-order valence-corrected chi connectivity index (χ3v) is 3.64. The minimum absolute atomic E-state index is 0.412. The number of rotatable bonds is 3. The fourth-order valence-corrected chi connectivity index (χ4v) is 2.40. The van der Waals surface area contributed by atoms with E-state index < -0.39 is 5.97 Å². The van der Waals surface area contributed by atoms with Gasteiger partial charge in [0.25, 0.3) is 0 Å². The Labute approximate surface area is 108 Å². The second-order valence-electron chi connectivity index (χ2n) is 4.98. The highest BCUT2D eigenvalue weighted by atomic mass is 16.4. The average molecular weight is 245 g/mol. The molecule has 1 aromatic rings. The van der Waals surface area contributed by atoms with Crippen LogP contribution in [0.5, 0.6) is 0 Å². The van der Waals surface area contributed by atoms with Crippen LogP contribution in [0.25, 0.3) is 0 Å². The Hall–Kier alpha value is -1.61. The van der Waals surface area contributed by atoms with E-state index >= 15 is 0 Å². The smallest absolute Gasteiger partial charge is 0.331 e. The van der Waals surface area contributed by atoms with E-state index in [9.17, 15) is 4.79 Å². The van der Waals surface area contributed by atoms with Crippen molar-refractivity contribution < 1.29 is 9.90 Å². The van der Waals surface area contributed by atoms with Gasteiger partial charge >= 0.3 is 5.97 Å². The number of carboxylic acids is 1. The topological polar surface area (TPSA) is 40.5 Å². The molecule has 1 atom stereocenters. The Morgan fingerprint density at radius 2 is 2.06 bits per heavy atom. The van der Waals surface area contributed by atoms with Gasteiger partial charge in [0.05, 0.1) is 0 Å². The zero-order valence-corrected chi connectivity index (χ0v) is 10.9. The summed E-state index contributed by atoms with van der Waals surface area (Å²) in [6.45, 7) is 5.52. The third-order valence-electron chi connectivity index (χ3n) is 3.64. The van der Waals surface area contributed by atoms with Gasteiger partial charge in [-0.15, -0.1) is 0 Å². The largest absolute Gasteiger partial charge is 0.478 e.